The minimum atomic E-state index is -0.0615. The topological polar surface area (TPSA) is 62.2 Å². The molecule has 1 amide bonds. The van der Waals surface area contributed by atoms with Crippen LogP contribution in [-0.2, 0) is 13.0 Å². The van der Waals surface area contributed by atoms with Gasteiger partial charge in [-0.25, -0.2) is 9.97 Å². The summed E-state index contributed by atoms with van der Waals surface area (Å²) < 4.78 is 0. The number of aromatic nitrogens is 3. The van der Waals surface area contributed by atoms with Crippen molar-refractivity contribution < 1.29 is 4.79 Å². The van der Waals surface area contributed by atoms with E-state index in [9.17, 15) is 4.79 Å². The van der Waals surface area contributed by atoms with Crippen molar-refractivity contribution in [3.8, 4) is 11.4 Å². The molecule has 6 nitrogen and oxygen atoms in total. The van der Waals surface area contributed by atoms with Gasteiger partial charge in [0.15, 0.2) is 5.82 Å². The monoisotopic (exact) mass is 373 g/mol. The summed E-state index contributed by atoms with van der Waals surface area (Å²) in [6.45, 7) is 1.57. The molecule has 4 rings (SSSR count). The van der Waals surface area contributed by atoms with Crippen LogP contribution >= 0.6 is 0 Å². The lowest BCUT2D eigenvalue weighted by atomic mass is 9.94. The molecular weight excluding hydrogens is 350 g/mol. The van der Waals surface area contributed by atoms with Crippen LogP contribution in [0.3, 0.4) is 0 Å². The van der Waals surface area contributed by atoms with Crippen LogP contribution in [-0.4, -0.2) is 57.3 Å². The second kappa shape index (κ2) is 7.86. The highest BCUT2D eigenvalue weighted by molar-refractivity contribution is 5.93. The Balaban J connectivity index is 1.44. The van der Waals surface area contributed by atoms with Crippen molar-refractivity contribution in [1.82, 2.24) is 24.8 Å². The quantitative estimate of drug-likeness (QED) is 0.704. The van der Waals surface area contributed by atoms with Crippen LogP contribution in [0.15, 0.2) is 61.2 Å². The third-order valence-corrected chi connectivity index (χ3v) is 5.29. The standard InChI is InChI=1S/C22H23N5O/c1-26-14-18-6-4-3-5-17(18)11-20(26)15-27(2)22(28)19-12-24-21(25-13-19)16-7-9-23-10-8-16/h3-10,12-13,20H,11,14-15H2,1-2H3. The minimum Gasteiger partial charge on any atom is -0.340 e. The van der Waals surface area contributed by atoms with E-state index in [1.165, 1.54) is 11.1 Å². The first-order chi connectivity index (χ1) is 13.6. The zero-order valence-electron chi connectivity index (χ0n) is 16.1. The fourth-order valence-electron chi connectivity index (χ4n) is 3.63. The molecule has 1 aromatic carbocycles. The summed E-state index contributed by atoms with van der Waals surface area (Å²) in [6.07, 6.45) is 7.54. The fourth-order valence-corrected chi connectivity index (χ4v) is 3.63. The first-order valence-electron chi connectivity index (χ1n) is 9.37. The molecule has 142 valence electrons. The molecule has 1 aliphatic rings. The number of carbonyl (C=O) groups is 1. The third kappa shape index (κ3) is 3.77. The molecule has 2 aromatic heterocycles. The average molecular weight is 373 g/mol. The number of rotatable bonds is 4. The maximum Gasteiger partial charge on any atom is 0.256 e. The SMILES string of the molecule is CN(CC1Cc2ccccc2CN1C)C(=O)c1cnc(-c2ccncc2)nc1. The molecule has 3 aromatic rings. The largest absolute Gasteiger partial charge is 0.340 e. The molecular formula is C22H23N5O. The molecule has 0 saturated carbocycles. The lowest BCUT2D eigenvalue weighted by Crippen LogP contribution is -2.46. The molecule has 0 aliphatic carbocycles. The van der Waals surface area contributed by atoms with Crippen LogP contribution in [0.2, 0.25) is 0 Å². The van der Waals surface area contributed by atoms with Gasteiger partial charge in [0.2, 0.25) is 0 Å². The molecule has 0 bridgehead atoms. The molecule has 6 heteroatoms. The highest BCUT2D eigenvalue weighted by Gasteiger charge is 2.26. The van der Waals surface area contributed by atoms with Crippen molar-refractivity contribution in [1.29, 1.82) is 0 Å². The Morgan fingerprint density at radius 2 is 1.79 bits per heavy atom. The highest BCUT2D eigenvalue weighted by atomic mass is 16.2. The van der Waals surface area contributed by atoms with Gasteiger partial charge in [-0.2, -0.15) is 0 Å². The van der Waals surface area contributed by atoms with Crippen molar-refractivity contribution in [3.05, 3.63) is 77.9 Å². The molecule has 1 unspecified atom stereocenters. The summed E-state index contributed by atoms with van der Waals surface area (Å²) in [7, 11) is 3.96. The van der Waals surface area contributed by atoms with Crippen LogP contribution in [0.1, 0.15) is 21.5 Å². The lowest BCUT2D eigenvalue weighted by molar-refractivity contribution is 0.0732. The Hall–Kier alpha value is -3.12. The number of hydrogen-bond acceptors (Lipinski definition) is 5. The summed E-state index contributed by atoms with van der Waals surface area (Å²) in [4.78, 5) is 29.6. The first-order valence-corrected chi connectivity index (χ1v) is 9.37. The predicted octanol–water partition coefficient (Wildman–Crippen LogP) is 2.67. The van der Waals surface area contributed by atoms with Crippen LogP contribution in [0.25, 0.3) is 11.4 Å². The number of fused-ring (bicyclic) bond motifs is 1. The van der Waals surface area contributed by atoms with Crippen molar-refractivity contribution in [2.24, 2.45) is 0 Å². The van der Waals surface area contributed by atoms with Crippen LogP contribution in [0.4, 0.5) is 0 Å². The van der Waals surface area contributed by atoms with Crippen molar-refractivity contribution in [2.45, 2.75) is 19.0 Å². The Bertz CT molecular complexity index is 958. The molecule has 3 heterocycles. The molecule has 0 spiro atoms. The summed E-state index contributed by atoms with van der Waals surface area (Å²) >= 11 is 0. The van der Waals surface area contributed by atoms with Crippen LogP contribution in [0, 0.1) is 0 Å². The van der Waals surface area contributed by atoms with Crippen LogP contribution in [0.5, 0.6) is 0 Å². The number of hydrogen-bond donors (Lipinski definition) is 0. The summed E-state index contributed by atoms with van der Waals surface area (Å²) in [5, 5.41) is 0. The fraction of sp³-hybridized carbons (Fsp3) is 0.273. The van der Waals surface area contributed by atoms with E-state index in [2.05, 4.69) is 51.2 Å². The zero-order chi connectivity index (χ0) is 19.5. The van der Waals surface area contributed by atoms with Gasteiger partial charge in [0.25, 0.3) is 5.91 Å². The lowest BCUT2D eigenvalue weighted by Gasteiger charge is -2.36. The molecule has 28 heavy (non-hydrogen) atoms. The van der Waals surface area contributed by atoms with Gasteiger partial charge in [-0.15, -0.1) is 0 Å². The van der Waals surface area contributed by atoms with Gasteiger partial charge in [-0.3, -0.25) is 14.7 Å². The maximum atomic E-state index is 12.8. The smallest absolute Gasteiger partial charge is 0.256 e. The van der Waals surface area contributed by atoms with Crippen molar-refractivity contribution >= 4 is 5.91 Å². The number of pyridine rings is 1. The van der Waals surface area contributed by atoms with Crippen molar-refractivity contribution in [3.63, 3.8) is 0 Å². The maximum absolute atomic E-state index is 12.8. The predicted molar refractivity (Wildman–Crippen MR) is 108 cm³/mol. The number of carbonyl (C=O) groups excluding carboxylic acids is 1. The van der Waals surface area contributed by atoms with Gasteiger partial charge in [0.05, 0.1) is 5.56 Å². The minimum absolute atomic E-state index is 0.0615. The number of likely N-dealkylation sites (N-methyl/N-ethyl adjacent to an activating group) is 2. The molecule has 0 N–H and O–H groups in total. The van der Waals surface area contributed by atoms with Gasteiger partial charge >= 0.3 is 0 Å². The van der Waals surface area contributed by atoms with Crippen molar-refractivity contribution in [2.75, 3.05) is 20.6 Å². The van der Waals surface area contributed by atoms with Crippen LogP contribution < -0.4 is 0 Å². The average Bonchev–Trinajstić information content (AvgIpc) is 2.74. The van der Waals surface area contributed by atoms with E-state index < -0.39 is 0 Å². The molecule has 0 fully saturated rings. The van der Waals surface area contributed by atoms with E-state index in [1.54, 1.807) is 29.7 Å². The van der Waals surface area contributed by atoms with Gasteiger partial charge in [0, 0.05) is 56.5 Å². The Labute approximate surface area is 164 Å². The zero-order valence-corrected chi connectivity index (χ0v) is 16.1. The van der Waals surface area contributed by atoms with Gasteiger partial charge in [-0.1, -0.05) is 24.3 Å². The number of nitrogens with zero attached hydrogens (tertiary/aromatic N) is 5. The van der Waals surface area contributed by atoms with Gasteiger partial charge < -0.3 is 4.90 Å². The van der Waals surface area contributed by atoms with E-state index in [4.69, 9.17) is 0 Å². The highest BCUT2D eigenvalue weighted by Crippen LogP contribution is 2.22. The third-order valence-electron chi connectivity index (χ3n) is 5.29. The normalized spacial score (nSPS) is 16.4. The molecule has 0 radical (unpaired) electrons. The Morgan fingerprint density at radius 3 is 2.50 bits per heavy atom. The second-order valence-electron chi connectivity index (χ2n) is 7.26. The Morgan fingerprint density at radius 1 is 1.11 bits per heavy atom. The second-order valence-corrected chi connectivity index (χ2v) is 7.26. The summed E-state index contributed by atoms with van der Waals surface area (Å²) in [5.74, 6) is 0.527. The van der Waals surface area contributed by atoms with E-state index in [0.29, 0.717) is 24.0 Å². The van der Waals surface area contributed by atoms with E-state index >= 15 is 0 Å². The molecule has 1 aliphatic heterocycles. The number of amides is 1. The number of benzene rings is 1. The van der Waals surface area contributed by atoms with Gasteiger partial charge in [0.1, 0.15) is 0 Å². The van der Waals surface area contributed by atoms with Gasteiger partial charge in [-0.05, 0) is 36.7 Å². The van der Waals surface area contributed by atoms with E-state index in [-0.39, 0.29) is 5.91 Å². The van der Waals surface area contributed by atoms with E-state index in [1.807, 2.05) is 19.2 Å². The summed E-state index contributed by atoms with van der Waals surface area (Å²) in [5.41, 5.74) is 4.12. The molecule has 1 atom stereocenters. The van der Waals surface area contributed by atoms with E-state index in [0.717, 1.165) is 18.5 Å². The molecule has 0 saturated heterocycles. The first kappa shape index (κ1) is 18.3. The summed E-state index contributed by atoms with van der Waals surface area (Å²) in [6, 6.07) is 12.5. The Kier molecular flexibility index (Phi) is 5.12.